The maximum atomic E-state index is 12.3. The molecule has 1 saturated heterocycles. The lowest BCUT2D eigenvalue weighted by Gasteiger charge is -2.26. The van der Waals surface area contributed by atoms with Crippen molar-refractivity contribution in [1.29, 1.82) is 0 Å². The van der Waals surface area contributed by atoms with Gasteiger partial charge in [0.15, 0.2) is 0 Å². The van der Waals surface area contributed by atoms with Gasteiger partial charge in [0.2, 0.25) is 5.91 Å². The van der Waals surface area contributed by atoms with Crippen LogP contribution in [0.25, 0.3) is 0 Å². The van der Waals surface area contributed by atoms with Gasteiger partial charge in [-0.2, -0.15) is 0 Å². The van der Waals surface area contributed by atoms with Gasteiger partial charge in [-0.05, 0) is 38.2 Å². The quantitative estimate of drug-likeness (QED) is 0.889. The van der Waals surface area contributed by atoms with E-state index in [9.17, 15) is 9.90 Å². The molecule has 1 aromatic rings. The van der Waals surface area contributed by atoms with Gasteiger partial charge in [-0.1, -0.05) is 12.1 Å². The van der Waals surface area contributed by atoms with Crippen molar-refractivity contribution >= 4 is 5.91 Å². The zero-order valence-electron chi connectivity index (χ0n) is 12.2. The summed E-state index contributed by atoms with van der Waals surface area (Å²) in [6, 6.07) is 7.61. The molecule has 5 heteroatoms. The van der Waals surface area contributed by atoms with Crippen LogP contribution >= 0.6 is 0 Å². The van der Waals surface area contributed by atoms with E-state index < -0.39 is 6.10 Å². The van der Waals surface area contributed by atoms with Crippen LogP contribution in [0, 0.1) is 0 Å². The van der Waals surface area contributed by atoms with E-state index in [0.717, 1.165) is 11.3 Å². The highest BCUT2D eigenvalue weighted by molar-refractivity contribution is 5.79. The molecule has 0 aromatic heterocycles. The molecule has 0 spiro atoms. The molecular weight excluding hydrogens is 256 g/mol. The number of carbonyl (C=O) groups excluding carboxylic acids is 1. The molecule has 1 heterocycles. The number of rotatable bonds is 4. The summed E-state index contributed by atoms with van der Waals surface area (Å²) in [5.41, 5.74) is 1.01. The number of aliphatic hydroxyl groups excluding tert-OH is 1. The van der Waals surface area contributed by atoms with Crippen LogP contribution in [-0.4, -0.2) is 61.2 Å². The smallest absolute Gasteiger partial charge is 0.237 e. The van der Waals surface area contributed by atoms with Gasteiger partial charge in [0.25, 0.3) is 0 Å². The van der Waals surface area contributed by atoms with Gasteiger partial charge in [-0.25, -0.2) is 0 Å². The lowest BCUT2D eigenvalue weighted by Crippen LogP contribution is -2.38. The van der Waals surface area contributed by atoms with Crippen LogP contribution in [0.3, 0.4) is 0 Å². The molecule has 2 atom stereocenters. The summed E-state index contributed by atoms with van der Waals surface area (Å²) in [7, 11) is 5.35. The van der Waals surface area contributed by atoms with Gasteiger partial charge in [0.1, 0.15) is 5.75 Å². The summed E-state index contributed by atoms with van der Waals surface area (Å²) in [5.74, 6) is 0.809. The molecule has 1 aliphatic heterocycles. The minimum atomic E-state index is -0.461. The van der Waals surface area contributed by atoms with Crippen LogP contribution < -0.4 is 4.74 Å². The van der Waals surface area contributed by atoms with Gasteiger partial charge in [0, 0.05) is 6.54 Å². The number of benzene rings is 1. The van der Waals surface area contributed by atoms with Gasteiger partial charge in [-0.15, -0.1) is 0 Å². The number of likely N-dealkylation sites (N-methyl/N-ethyl adjacent to an activating group) is 1. The van der Waals surface area contributed by atoms with E-state index in [1.54, 1.807) is 12.0 Å². The van der Waals surface area contributed by atoms with Crippen molar-refractivity contribution in [2.24, 2.45) is 0 Å². The Hall–Kier alpha value is -1.59. The molecular formula is C15H22N2O3. The van der Waals surface area contributed by atoms with Gasteiger partial charge >= 0.3 is 0 Å². The third kappa shape index (κ3) is 3.29. The Bertz CT molecular complexity index is 476. The number of nitrogens with zero attached hydrogens (tertiary/aromatic N) is 2. The SMILES string of the molecule is COc1cccc([C@H]2C[C@H](O)CN2C(=O)CN(C)C)c1. The van der Waals surface area contributed by atoms with Crippen LogP contribution in [0.5, 0.6) is 5.75 Å². The zero-order chi connectivity index (χ0) is 14.7. The van der Waals surface area contributed by atoms with Crippen molar-refractivity contribution in [2.75, 3.05) is 34.3 Å². The fraction of sp³-hybridized carbons (Fsp3) is 0.533. The van der Waals surface area contributed by atoms with Crippen molar-refractivity contribution < 1.29 is 14.6 Å². The van der Waals surface area contributed by atoms with E-state index in [-0.39, 0.29) is 11.9 Å². The number of amides is 1. The average Bonchev–Trinajstić information content (AvgIpc) is 2.80. The largest absolute Gasteiger partial charge is 0.497 e. The third-order valence-corrected chi connectivity index (χ3v) is 3.53. The molecule has 20 heavy (non-hydrogen) atoms. The van der Waals surface area contributed by atoms with Crippen molar-refractivity contribution in [2.45, 2.75) is 18.6 Å². The summed E-state index contributed by atoms with van der Waals surface area (Å²) in [6.45, 7) is 0.752. The average molecular weight is 278 g/mol. The molecule has 1 fully saturated rings. The lowest BCUT2D eigenvalue weighted by molar-refractivity contribution is -0.133. The van der Waals surface area contributed by atoms with E-state index in [2.05, 4.69) is 0 Å². The van der Waals surface area contributed by atoms with E-state index in [1.165, 1.54) is 0 Å². The first-order chi connectivity index (χ1) is 9.51. The minimum absolute atomic E-state index is 0.0411. The van der Waals surface area contributed by atoms with Crippen molar-refractivity contribution in [3.63, 3.8) is 0 Å². The molecule has 0 radical (unpaired) electrons. The number of hydrogen-bond donors (Lipinski definition) is 1. The number of likely N-dealkylation sites (tertiary alicyclic amines) is 1. The van der Waals surface area contributed by atoms with Crippen molar-refractivity contribution in [1.82, 2.24) is 9.80 Å². The van der Waals surface area contributed by atoms with E-state index in [1.807, 2.05) is 43.3 Å². The van der Waals surface area contributed by atoms with Gasteiger partial charge in [0.05, 0.1) is 25.8 Å². The number of hydrogen-bond acceptors (Lipinski definition) is 4. The van der Waals surface area contributed by atoms with Crippen molar-refractivity contribution in [3.8, 4) is 5.75 Å². The summed E-state index contributed by atoms with van der Waals surface area (Å²) in [6.07, 6.45) is 0.115. The maximum Gasteiger partial charge on any atom is 0.237 e. The lowest BCUT2D eigenvalue weighted by atomic mass is 10.0. The molecule has 110 valence electrons. The van der Waals surface area contributed by atoms with E-state index in [0.29, 0.717) is 19.5 Å². The Labute approximate surface area is 119 Å². The molecule has 5 nitrogen and oxygen atoms in total. The van der Waals surface area contributed by atoms with Crippen molar-refractivity contribution in [3.05, 3.63) is 29.8 Å². The predicted molar refractivity (Wildman–Crippen MR) is 76.6 cm³/mol. The number of carbonyl (C=O) groups is 1. The molecule has 0 saturated carbocycles. The van der Waals surface area contributed by atoms with Crippen LogP contribution in [0.1, 0.15) is 18.0 Å². The molecule has 0 aliphatic carbocycles. The molecule has 0 unspecified atom stereocenters. The number of β-amino-alcohol motifs (C(OH)–C–C–N with tert-alkyl or cyclic N) is 1. The first-order valence-electron chi connectivity index (χ1n) is 6.77. The summed E-state index contributed by atoms with van der Waals surface area (Å²) in [4.78, 5) is 15.9. The highest BCUT2D eigenvalue weighted by atomic mass is 16.5. The number of aliphatic hydroxyl groups is 1. The van der Waals surface area contributed by atoms with Gasteiger partial charge in [-0.3, -0.25) is 4.79 Å². The summed E-state index contributed by atoms with van der Waals surface area (Å²) < 4.78 is 5.23. The first-order valence-corrected chi connectivity index (χ1v) is 6.77. The predicted octanol–water partition coefficient (Wildman–Crippen LogP) is 0.891. The van der Waals surface area contributed by atoms with Crippen LogP contribution in [0.4, 0.5) is 0 Å². The normalized spacial score (nSPS) is 22.4. The Morgan fingerprint density at radius 1 is 1.50 bits per heavy atom. The maximum absolute atomic E-state index is 12.3. The Morgan fingerprint density at radius 2 is 2.25 bits per heavy atom. The molecule has 1 aromatic carbocycles. The molecule has 1 N–H and O–H groups in total. The van der Waals surface area contributed by atoms with Crippen LogP contribution in [0.15, 0.2) is 24.3 Å². The number of methoxy groups -OCH3 is 1. The van der Waals surface area contributed by atoms with Gasteiger partial charge < -0.3 is 19.6 Å². The topological polar surface area (TPSA) is 53.0 Å². The Balaban J connectivity index is 2.21. The summed E-state index contributed by atoms with van der Waals surface area (Å²) in [5, 5.41) is 9.90. The second-order valence-electron chi connectivity index (χ2n) is 5.47. The van der Waals surface area contributed by atoms with E-state index in [4.69, 9.17) is 4.74 Å². The fourth-order valence-electron chi connectivity index (χ4n) is 2.62. The second kappa shape index (κ2) is 6.24. The van der Waals surface area contributed by atoms with Crippen LogP contribution in [-0.2, 0) is 4.79 Å². The molecule has 1 aliphatic rings. The molecule has 1 amide bonds. The standard InChI is InChI=1S/C15H22N2O3/c1-16(2)10-15(19)17-9-12(18)8-14(17)11-5-4-6-13(7-11)20-3/h4-7,12,14,18H,8-10H2,1-3H3/t12-,14+/m0/s1. The molecule has 2 rings (SSSR count). The monoisotopic (exact) mass is 278 g/mol. The van der Waals surface area contributed by atoms with Crippen LogP contribution in [0.2, 0.25) is 0 Å². The Kier molecular flexibility index (Phi) is 4.62. The minimum Gasteiger partial charge on any atom is -0.497 e. The first kappa shape index (κ1) is 14.8. The fourth-order valence-corrected chi connectivity index (χ4v) is 2.62. The summed E-state index contributed by atoms with van der Waals surface area (Å²) >= 11 is 0. The van der Waals surface area contributed by atoms with E-state index >= 15 is 0 Å². The number of ether oxygens (including phenoxy) is 1. The highest BCUT2D eigenvalue weighted by Gasteiger charge is 2.35. The molecule has 0 bridgehead atoms. The zero-order valence-corrected chi connectivity index (χ0v) is 12.2. The third-order valence-electron chi connectivity index (χ3n) is 3.53. The second-order valence-corrected chi connectivity index (χ2v) is 5.47. The highest BCUT2D eigenvalue weighted by Crippen LogP contribution is 2.33. The Morgan fingerprint density at radius 3 is 2.90 bits per heavy atom.